The van der Waals surface area contributed by atoms with Crippen LogP contribution in [0.3, 0.4) is 0 Å². The quantitative estimate of drug-likeness (QED) is 0.503. The largest absolute Gasteiger partial charge is 0.282 e. The molecule has 0 spiro atoms. The standard InChI is InChI=1S/C14H17N/c1-4-10-15(11-5-2)12-14-8-6-13(3)7-9-14/h4-9H,1-2,10-11H2,3H3. The second-order valence-corrected chi connectivity index (χ2v) is 3.46. The Balaban J connectivity index is 2.60. The Morgan fingerprint density at radius 3 is 2.13 bits per heavy atom. The summed E-state index contributed by atoms with van der Waals surface area (Å²) in [4.78, 5) is 2.05. The van der Waals surface area contributed by atoms with E-state index in [1.165, 1.54) is 5.56 Å². The van der Waals surface area contributed by atoms with E-state index in [0.29, 0.717) is 0 Å². The van der Waals surface area contributed by atoms with Gasteiger partial charge in [0.1, 0.15) is 0 Å². The molecule has 1 aromatic rings. The second-order valence-electron chi connectivity index (χ2n) is 3.46. The minimum absolute atomic E-state index is 0.792. The van der Waals surface area contributed by atoms with Gasteiger partial charge in [0.15, 0.2) is 0 Å². The van der Waals surface area contributed by atoms with Crippen molar-refractivity contribution in [2.45, 2.75) is 6.92 Å². The van der Waals surface area contributed by atoms with Crippen molar-refractivity contribution in [3.05, 3.63) is 67.2 Å². The van der Waals surface area contributed by atoms with E-state index < -0.39 is 0 Å². The molecule has 0 N–H and O–H groups in total. The average molecular weight is 199 g/mol. The molecule has 0 atom stereocenters. The number of rotatable bonds is 6. The third-order valence-electron chi connectivity index (χ3n) is 2.04. The smallest absolute Gasteiger partial charge is 0.0968 e. The lowest BCUT2D eigenvalue weighted by Crippen LogP contribution is -2.21. The van der Waals surface area contributed by atoms with E-state index >= 15 is 0 Å². The maximum Gasteiger partial charge on any atom is 0.0968 e. The SMILES string of the molecule is C=CCN([C]c1ccc(C)cc1)CC=C. The van der Waals surface area contributed by atoms with E-state index in [9.17, 15) is 0 Å². The molecule has 1 heteroatoms. The van der Waals surface area contributed by atoms with Crippen LogP contribution in [0.2, 0.25) is 0 Å². The molecule has 2 radical (unpaired) electrons. The fourth-order valence-electron chi connectivity index (χ4n) is 1.29. The number of hydrogen-bond donors (Lipinski definition) is 0. The van der Waals surface area contributed by atoms with Gasteiger partial charge in [-0.25, -0.2) is 0 Å². The highest BCUT2D eigenvalue weighted by atomic mass is 15.1. The van der Waals surface area contributed by atoms with E-state index in [2.05, 4.69) is 50.9 Å². The molecule has 0 unspecified atom stereocenters. The third-order valence-corrected chi connectivity index (χ3v) is 2.04. The Morgan fingerprint density at radius 1 is 1.13 bits per heavy atom. The van der Waals surface area contributed by atoms with Crippen LogP contribution in [0.1, 0.15) is 11.1 Å². The molecule has 0 amide bonds. The summed E-state index contributed by atoms with van der Waals surface area (Å²) in [6.45, 7) is 14.4. The maximum absolute atomic E-state index is 3.72. The van der Waals surface area contributed by atoms with Crippen LogP contribution in [0, 0.1) is 13.5 Å². The van der Waals surface area contributed by atoms with Crippen molar-refractivity contribution in [1.82, 2.24) is 4.90 Å². The molecule has 15 heavy (non-hydrogen) atoms. The van der Waals surface area contributed by atoms with Crippen molar-refractivity contribution in [1.29, 1.82) is 0 Å². The predicted octanol–water partition coefficient (Wildman–Crippen LogP) is 3.06. The molecule has 0 aliphatic heterocycles. The Hall–Kier alpha value is -1.34. The van der Waals surface area contributed by atoms with Crippen molar-refractivity contribution in [2.75, 3.05) is 13.1 Å². The normalized spacial score (nSPS) is 10.3. The number of hydrogen-bond acceptors (Lipinski definition) is 1. The summed E-state index contributed by atoms with van der Waals surface area (Å²) in [6.07, 6.45) is 3.73. The van der Waals surface area contributed by atoms with E-state index in [4.69, 9.17) is 0 Å². The van der Waals surface area contributed by atoms with Crippen LogP contribution in [0.4, 0.5) is 0 Å². The molecule has 0 aromatic heterocycles. The molecule has 0 aliphatic rings. The molecular weight excluding hydrogens is 182 g/mol. The summed E-state index contributed by atoms with van der Waals surface area (Å²) in [7, 11) is 0. The van der Waals surface area contributed by atoms with Crippen LogP contribution in [0.25, 0.3) is 0 Å². The molecule has 0 heterocycles. The van der Waals surface area contributed by atoms with Crippen LogP contribution in [-0.4, -0.2) is 18.0 Å². The lowest BCUT2D eigenvalue weighted by molar-refractivity contribution is 0.423. The summed E-state index contributed by atoms with van der Waals surface area (Å²) in [6, 6.07) is 8.30. The van der Waals surface area contributed by atoms with Crippen molar-refractivity contribution >= 4 is 0 Å². The van der Waals surface area contributed by atoms with Crippen molar-refractivity contribution < 1.29 is 0 Å². The molecule has 1 aromatic carbocycles. The van der Waals surface area contributed by atoms with Gasteiger partial charge in [-0.1, -0.05) is 42.0 Å². The molecular formula is C14H17N. The van der Waals surface area contributed by atoms with Gasteiger partial charge in [0, 0.05) is 13.1 Å². The van der Waals surface area contributed by atoms with Crippen molar-refractivity contribution in [2.24, 2.45) is 0 Å². The fraction of sp³-hybridized carbons (Fsp3) is 0.214. The van der Waals surface area contributed by atoms with Gasteiger partial charge >= 0.3 is 0 Å². The van der Waals surface area contributed by atoms with Crippen LogP contribution in [0.15, 0.2) is 49.6 Å². The first kappa shape index (κ1) is 11.7. The lowest BCUT2D eigenvalue weighted by atomic mass is 10.1. The zero-order valence-electron chi connectivity index (χ0n) is 9.24. The van der Waals surface area contributed by atoms with E-state index in [0.717, 1.165) is 18.7 Å². The Bertz CT molecular complexity index is 301. The molecule has 0 aliphatic carbocycles. The highest BCUT2D eigenvalue weighted by Crippen LogP contribution is 2.08. The van der Waals surface area contributed by atoms with Gasteiger partial charge in [-0.2, -0.15) is 0 Å². The Kier molecular flexibility index (Phi) is 4.85. The molecule has 0 saturated heterocycles. The topological polar surface area (TPSA) is 3.24 Å². The second kappa shape index (κ2) is 6.20. The lowest BCUT2D eigenvalue weighted by Gasteiger charge is -2.17. The van der Waals surface area contributed by atoms with Crippen LogP contribution < -0.4 is 0 Å². The fourth-order valence-corrected chi connectivity index (χ4v) is 1.29. The Morgan fingerprint density at radius 2 is 1.67 bits per heavy atom. The zero-order valence-corrected chi connectivity index (χ0v) is 9.24. The molecule has 1 nitrogen and oxygen atoms in total. The first-order valence-electron chi connectivity index (χ1n) is 5.06. The summed E-state index contributed by atoms with van der Waals surface area (Å²) in [5.41, 5.74) is 2.35. The van der Waals surface area contributed by atoms with Gasteiger partial charge in [-0.15, -0.1) is 13.2 Å². The molecule has 0 fully saturated rings. The Labute approximate surface area is 92.7 Å². The predicted molar refractivity (Wildman–Crippen MR) is 65.5 cm³/mol. The van der Waals surface area contributed by atoms with Gasteiger partial charge in [0.25, 0.3) is 0 Å². The van der Waals surface area contributed by atoms with Crippen LogP contribution in [0.5, 0.6) is 0 Å². The van der Waals surface area contributed by atoms with Crippen molar-refractivity contribution in [3.63, 3.8) is 0 Å². The first-order chi connectivity index (χ1) is 7.26. The summed E-state index contributed by atoms with van der Waals surface area (Å²) >= 11 is 0. The summed E-state index contributed by atoms with van der Waals surface area (Å²) in [5.74, 6) is 0. The van der Waals surface area contributed by atoms with Crippen molar-refractivity contribution in [3.8, 4) is 0 Å². The van der Waals surface area contributed by atoms with Crippen LogP contribution in [-0.2, 0) is 0 Å². The summed E-state index contributed by atoms with van der Waals surface area (Å²) < 4.78 is 0. The highest BCUT2D eigenvalue weighted by Gasteiger charge is 2.03. The zero-order chi connectivity index (χ0) is 11.1. The minimum Gasteiger partial charge on any atom is -0.282 e. The van der Waals surface area contributed by atoms with Gasteiger partial charge in [-0.05, 0) is 12.5 Å². The van der Waals surface area contributed by atoms with E-state index in [-0.39, 0.29) is 0 Å². The van der Waals surface area contributed by atoms with Gasteiger partial charge in [0.05, 0.1) is 6.54 Å². The highest BCUT2D eigenvalue weighted by molar-refractivity contribution is 5.26. The third kappa shape index (κ3) is 4.13. The average Bonchev–Trinajstić information content (AvgIpc) is 2.22. The van der Waals surface area contributed by atoms with Gasteiger partial charge < -0.3 is 0 Å². The summed E-state index contributed by atoms with van der Waals surface area (Å²) in [5, 5.41) is 0. The van der Waals surface area contributed by atoms with Crippen LogP contribution >= 0.6 is 0 Å². The molecule has 1 rings (SSSR count). The van der Waals surface area contributed by atoms with Gasteiger partial charge in [-0.3, -0.25) is 4.90 Å². The first-order valence-corrected chi connectivity index (χ1v) is 5.06. The number of nitrogens with zero attached hydrogens (tertiary/aromatic N) is 1. The molecule has 0 saturated carbocycles. The minimum atomic E-state index is 0.792. The van der Waals surface area contributed by atoms with E-state index in [1.807, 2.05) is 17.1 Å². The van der Waals surface area contributed by atoms with Gasteiger partial charge in [0.2, 0.25) is 0 Å². The molecule has 78 valence electrons. The van der Waals surface area contributed by atoms with E-state index in [1.54, 1.807) is 0 Å². The monoisotopic (exact) mass is 199 g/mol. The maximum atomic E-state index is 3.72. The number of benzene rings is 1. The molecule has 0 bridgehead atoms. The number of aryl methyl sites for hydroxylation is 1.